The van der Waals surface area contributed by atoms with E-state index < -0.39 is 4.92 Å². The molecule has 4 rings (SSSR count). The summed E-state index contributed by atoms with van der Waals surface area (Å²) in [5.41, 5.74) is 3.01. The largest absolute Gasteiger partial charge is 0.489 e. The van der Waals surface area contributed by atoms with E-state index in [0.29, 0.717) is 17.7 Å². The summed E-state index contributed by atoms with van der Waals surface area (Å²) in [6.45, 7) is 0.461. The highest BCUT2D eigenvalue weighted by Gasteiger charge is 2.07. The average Bonchev–Trinajstić information content (AvgIpc) is 2.82. The molecule has 0 bridgehead atoms. The third-order valence-corrected chi connectivity index (χ3v) is 4.97. The Bertz CT molecular complexity index is 1300. The van der Waals surface area contributed by atoms with Crippen molar-refractivity contribution < 1.29 is 9.66 Å². The second-order valence-corrected chi connectivity index (χ2v) is 6.97. The number of nitro groups is 1. The van der Waals surface area contributed by atoms with E-state index in [4.69, 9.17) is 4.74 Å². The van der Waals surface area contributed by atoms with E-state index in [-0.39, 0.29) is 5.69 Å². The fourth-order valence-electron chi connectivity index (χ4n) is 3.35. The molecular weight excluding hydrogens is 388 g/mol. The molecule has 0 aliphatic carbocycles. The van der Waals surface area contributed by atoms with Crippen molar-refractivity contribution in [1.29, 1.82) is 5.26 Å². The van der Waals surface area contributed by atoms with Gasteiger partial charge in [-0.3, -0.25) is 10.1 Å². The van der Waals surface area contributed by atoms with Crippen molar-refractivity contribution in [2.45, 2.75) is 6.61 Å². The van der Waals surface area contributed by atoms with Gasteiger partial charge < -0.3 is 4.74 Å². The van der Waals surface area contributed by atoms with Crippen molar-refractivity contribution in [1.82, 2.24) is 0 Å². The number of fused-ring (bicyclic) bond motifs is 1. The number of rotatable bonds is 6. The molecule has 0 unspecified atom stereocenters. The molecule has 0 aliphatic rings. The van der Waals surface area contributed by atoms with E-state index in [0.717, 1.165) is 16.9 Å². The number of nitriles is 1. The highest BCUT2D eigenvalue weighted by molar-refractivity contribution is 5.89. The molecule has 31 heavy (non-hydrogen) atoms. The van der Waals surface area contributed by atoms with Gasteiger partial charge >= 0.3 is 0 Å². The van der Waals surface area contributed by atoms with Gasteiger partial charge in [0.2, 0.25) is 0 Å². The van der Waals surface area contributed by atoms with Gasteiger partial charge in [-0.2, -0.15) is 5.26 Å². The first-order valence-corrected chi connectivity index (χ1v) is 9.70. The van der Waals surface area contributed by atoms with Gasteiger partial charge in [0, 0.05) is 12.1 Å². The SMILES string of the molecule is N#CC(=Cc1ccc(OCc2cccc3ccccc23)cc1)c1ccc([N+](=O)[O-])cc1. The zero-order chi connectivity index (χ0) is 21.6. The lowest BCUT2D eigenvalue weighted by Gasteiger charge is -2.09. The molecule has 0 saturated carbocycles. The molecular formula is C26H18N2O3. The van der Waals surface area contributed by atoms with Crippen LogP contribution in [0.2, 0.25) is 0 Å². The predicted octanol–water partition coefficient (Wildman–Crippen LogP) is 6.39. The van der Waals surface area contributed by atoms with Crippen LogP contribution >= 0.6 is 0 Å². The molecule has 0 aliphatic heterocycles. The molecule has 0 heterocycles. The van der Waals surface area contributed by atoms with Gasteiger partial charge in [0.1, 0.15) is 12.4 Å². The van der Waals surface area contributed by atoms with Crippen LogP contribution in [0.3, 0.4) is 0 Å². The predicted molar refractivity (Wildman–Crippen MR) is 121 cm³/mol. The molecule has 5 nitrogen and oxygen atoms in total. The van der Waals surface area contributed by atoms with E-state index >= 15 is 0 Å². The summed E-state index contributed by atoms with van der Waals surface area (Å²) in [5.74, 6) is 0.735. The number of nitro benzene ring substituents is 1. The van der Waals surface area contributed by atoms with Gasteiger partial charge in [-0.15, -0.1) is 0 Å². The van der Waals surface area contributed by atoms with Gasteiger partial charge in [-0.25, -0.2) is 0 Å². The number of hydrogen-bond donors (Lipinski definition) is 0. The first-order chi connectivity index (χ1) is 15.1. The Morgan fingerprint density at radius 3 is 2.35 bits per heavy atom. The van der Waals surface area contributed by atoms with Gasteiger partial charge in [0.15, 0.2) is 0 Å². The zero-order valence-corrected chi connectivity index (χ0v) is 16.6. The molecule has 4 aromatic rings. The molecule has 0 amide bonds. The molecule has 0 atom stereocenters. The maximum absolute atomic E-state index is 10.8. The lowest BCUT2D eigenvalue weighted by Crippen LogP contribution is -1.96. The number of ether oxygens (including phenoxy) is 1. The van der Waals surface area contributed by atoms with E-state index in [2.05, 4.69) is 30.3 Å². The number of non-ortho nitro benzene ring substituents is 1. The molecule has 0 fully saturated rings. The third kappa shape index (κ3) is 4.60. The monoisotopic (exact) mass is 406 g/mol. The van der Waals surface area contributed by atoms with E-state index in [9.17, 15) is 15.4 Å². The minimum absolute atomic E-state index is 0.00580. The standard InChI is InChI=1S/C26H18N2O3/c27-17-23(20-10-12-24(13-11-20)28(29)30)16-19-8-14-25(15-9-19)31-18-22-6-3-5-21-4-1-2-7-26(21)22/h1-16H,18H2. The summed E-state index contributed by atoms with van der Waals surface area (Å²) in [5, 5.41) is 22.6. The summed E-state index contributed by atoms with van der Waals surface area (Å²) in [6.07, 6.45) is 1.75. The Kier molecular flexibility index (Phi) is 5.72. The van der Waals surface area contributed by atoms with Crippen molar-refractivity contribution in [3.8, 4) is 11.8 Å². The van der Waals surface area contributed by atoms with E-state index in [1.165, 1.54) is 22.9 Å². The Morgan fingerprint density at radius 2 is 1.65 bits per heavy atom. The Hall–Kier alpha value is -4.43. The van der Waals surface area contributed by atoms with Crippen LogP contribution in [0.25, 0.3) is 22.4 Å². The lowest BCUT2D eigenvalue weighted by molar-refractivity contribution is -0.384. The van der Waals surface area contributed by atoms with Gasteiger partial charge in [-0.1, -0.05) is 54.6 Å². The quantitative estimate of drug-likeness (QED) is 0.161. The summed E-state index contributed by atoms with van der Waals surface area (Å²) < 4.78 is 5.96. The normalized spacial score (nSPS) is 11.1. The van der Waals surface area contributed by atoms with Crippen LogP contribution in [-0.2, 0) is 6.61 Å². The zero-order valence-electron chi connectivity index (χ0n) is 16.6. The Morgan fingerprint density at radius 1 is 0.935 bits per heavy atom. The van der Waals surface area contributed by atoms with Crippen LogP contribution in [0.4, 0.5) is 5.69 Å². The summed E-state index contributed by atoms with van der Waals surface area (Å²) in [6, 6.07) is 29.9. The molecule has 0 N–H and O–H groups in total. The van der Waals surface area contributed by atoms with Crippen LogP contribution in [-0.4, -0.2) is 4.92 Å². The molecule has 4 aromatic carbocycles. The second kappa shape index (κ2) is 8.93. The molecule has 0 saturated heterocycles. The van der Waals surface area contributed by atoms with Crippen LogP contribution in [0.15, 0.2) is 91.0 Å². The van der Waals surface area contributed by atoms with Crippen LogP contribution in [0, 0.1) is 21.4 Å². The lowest BCUT2D eigenvalue weighted by atomic mass is 10.0. The summed E-state index contributed by atoms with van der Waals surface area (Å²) >= 11 is 0. The summed E-state index contributed by atoms with van der Waals surface area (Å²) in [4.78, 5) is 10.3. The van der Waals surface area contributed by atoms with Crippen molar-refractivity contribution in [2.24, 2.45) is 0 Å². The maximum atomic E-state index is 10.8. The van der Waals surface area contributed by atoms with Crippen molar-refractivity contribution in [2.75, 3.05) is 0 Å². The van der Waals surface area contributed by atoms with Gasteiger partial charge in [-0.05, 0) is 57.8 Å². The average molecular weight is 406 g/mol. The third-order valence-electron chi connectivity index (χ3n) is 4.97. The maximum Gasteiger partial charge on any atom is 0.269 e. The highest BCUT2D eigenvalue weighted by atomic mass is 16.6. The Balaban J connectivity index is 1.48. The fraction of sp³-hybridized carbons (Fsp3) is 0.0385. The highest BCUT2D eigenvalue weighted by Crippen LogP contribution is 2.23. The van der Waals surface area contributed by atoms with Crippen LogP contribution in [0.5, 0.6) is 5.75 Å². The first-order valence-electron chi connectivity index (χ1n) is 9.70. The van der Waals surface area contributed by atoms with Crippen molar-refractivity contribution in [3.05, 3.63) is 118 Å². The minimum atomic E-state index is -0.462. The molecule has 0 radical (unpaired) electrons. The number of nitrogens with zero attached hydrogens (tertiary/aromatic N) is 2. The van der Waals surface area contributed by atoms with Crippen LogP contribution in [0.1, 0.15) is 16.7 Å². The fourth-order valence-corrected chi connectivity index (χ4v) is 3.35. The number of benzene rings is 4. The van der Waals surface area contributed by atoms with E-state index in [1.54, 1.807) is 18.2 Å². The molecule has 0 aromatic heterocycles. The second-order valence-electron chi connectivity index (χ2n) is 6.97. The van der Waals surface area contributed by atoms with Crippen molar-refractivity contribution >= 4 is 28.1 Å². The first kappa shape index (κ1) is 19.9. The smallest absolute Gasteiger partial charge is 0.269 e. The van der Waals surface area contributed by atoms with E-state index in [1.807, 2.05) is 42.5 Å². The molecule has 150 valence electrons. The van der Waals surface area contributed by atoms with Gasteiger partial charge in [0.25, 0.3) is 5.69 Å². The molecule has 0 spiro atoms. The minimum Gasteiger partial charge on any atom is -0.489 e. The Labute approximate surface area is 179 Å². The molecule has 5 heteroatoms. The number of allylic oxidation sites excluding steroid dienone is 1. The topological polar surface area (TPSA) is 76.2 Å². The van der Waals surface area contributed by atoms with Crippen LogP contribution < -0.4 is 4.74 Å². The number of hydrogen-bond acceptors (Lipinski definition) is 4. The van der Waals surface area contributed by atoms with Gasteiger partial charge in [0.05, 0.1) is 16.6 Å². The summed E-state index contributed by atoms with van der Waals surface area (Å²) in [7, 11) is 0. The van der Waals surface area contributed by atoms with Crippen molar-refractivity contribution in [3.63, 3.8) is 0 Å².